The Balaban J connectivity index is 1.02. The molecule has 284 valence electrons. The number of rotatable bonds is 6. The zero-order valence-electron chi connectivity index (χ0n) is 33.1. The van der Waals surface area contributed by atoms with E-state index in [9.17, 15) is 0 Å². The molecule has 61 heavy (non-hydrogen) atoms. The summed E-state index contributed by atoms with van der Waals surface area (Å²) in [7, 11) is 0. The second-order valence-electron chi connectivity index (χ2n) is 15.6. The van der Waals surface area contributed by atoms with E-state index in [2.05, 4.69) is 162 Å². The fourth-order valence-electron chi connectivity index (χ4n) is 9.20. The number of hydrogen-bond donors (Lipinski definition) is 0. The second kappa shape index (κ2) is 14.3. The molecule has 0 bridgehead atoms. The Bertz CT molecular complexity index is 3550. The molecule has 0 fully saturated rings. The van der Waals surface area contributed by atoms with E-state index in [-0.39, 0.29) is 0 Å². The second-order valence-corrected chi connectivity index (χ2v) is 15.6. The topological polar surface area (TPSA) is 43.6 Å². The summed E-state index contributed by atoms with van der Waals surface area (Å²) in [4.78, 5) is 15.0. The van der Waals surface area contributed by atoms with Crippen LogP contribution in [0.2, 0.25) is 0 Å². The third-order valence-electron chi connectivity index (χ3n) is 12.0. The highest BCUT2D eigenvalue weighted by atomic mass is 15.0. The third kappa shape index (κ3) is 5.88. The van der Waals surface area contributed by atoms with E-state index in [1.165, 1.54) is 59.8 Å². The van der Waals surface area contributed by atoms with Crippen LogP contribution < -0.4 is 0 Å². The van der Waals surface area contributed by atoms with Gasteiger partial charge in [-0.2, -0.15) is 0 Å². The molecule has 0 saturated heterocycles. The Morgan fingerprint density at radius 2 is 0.672 bits per heavy atom. The lowest BCUT2D eigenvalue weighted by Crippen LogP contribution is -2.01. The van der Waals surface area contributed by atoms with Crippen molar-refractivity contribution in [2.75, 3.05) is 0 Å². The van der Waals surface area contributed by atoms with Gasteiger partial charge >= 0.3 is 0 Å². The lowest BCUT2D eigenvalue weighted by Gasteiger charge is -2.15. The molecule has 0 aliphatic rings. The SMILES string of the molecule is c1ccc(-c2nc(-c3ccccc3)nc(-c3cccc(-n4c5ccccc5c5ccc(-c6ccccc6-c6ccc7c8ccccc8c8ccccc8c7c6)cc54)c3)n2)cc1. The lowest BCUT2D eigenvalue weighted by molar-refractivity contribution is 1.07. The quantitative estimate of drug-likeness (QED) is 0.158. The van der Waals surface area contributed by atoms with Crippen molar-refractivity contribution in [1.82, 2.24) is 19.5 Å². The van der Waals surface area contributed by atoms with Crippen LogP contribution >= 0.6 is 0 Å². The van der Waals surface area contributed by atoms with Crippen LogP contribution in [-0.2, 0) is 0 Å². The summed E-state index contributed by atoms with van der Waals surface area (Å²) in [6.45, 7) is 0. The Hall–Kier alpha value is -8.21. The van der Waals surface area contributed by atoms with Gasteiger partial charge in [0.15, 0.2) is 17.5 Å². The molecule has 0 unspecified atom stereocenters. The molecule has 0 radical (unpaired) electrons. The van der Waals surface area contributed by atoms with Gasteiger partial charge in [0, 0.05) is 33.2 Å². The van der Waals surface area contributed by atoms with Crippen molar-refractivity contribution < 1.29 is 0 Å². The van der Waals surface area contributed by atoms with Gasteiger partial charge in [0.2, 0.25) is 0 Å². The summed E-state index contributed by atoms with van der Waals surface area (Å²) in [5, 5.41) is 10.1. The Morgan fingerprint density at radius 3 is 1.28 bits per heavy atom. The molecular formula is C57H36N4. The van der Waals surface area contributed by atoms with Crippen molar-refractivity contribution in [1.29, 1.82) is 0 Å². The van der Waals surface area contributed by atoms with Crippen molar-refractivity contribution in [3.05, 3.63) is 218 Å². The summed E-state index contributed by atoms with van der Waals surface area (Å²) in [5.41, 5.74) is 10.8. The molecule has 0 saturated carbocycles. The van der Waals surface area contributed by atoms with E-state index in [1.807, 2.05) is 60.7 Å². The van der Waals surface area contributed by atoms with Crippen molar-refractivity contribution in [2.24, 2.45) is 0 Å². The number of benzene rings is 10. The number of hydrogen-bond acceptors (Lipinski definition) is 3. The van der Waals surface area contributed by atoms with Gasteiger partial charge in [0.25, 0.3) is 0 Å². The summed E-state index contributed by atoms with van der Waals surface area (Å²) in [6.07, 6.45) is 0. The number of para-hydroxylation sites is 1. The highest BCUT2D eigenvalue weighted by molar-refractivity contribution is 6.26. The lowest BCUT2D eigenvalue weighted by atomic mass is 9.89. The molecule has 0 aliphatic heterocycles. The van der Waals surface area contributed by atoms with E-state index < -0.39 is 0 Å². The Labute approximate surface area is 352 Å². The average molecular weight is 777 g/mol. The predicted molar refractivity (Wildman–Crippen MR) is 254 cm³/mol. The van der Waals surface area contributed by atoms with E-state index in [0.29, 0.717) is 17.5 Å². The fraction of sp³-hybridized carbons (Fsp3) is 0. The molecule has 0 spiro atoms. The minimum Gasteiger partial charge on any atom is -0.309 e. The zero-order valence-corrected chi connectivity index (χ0v) is 33.1. The van der Waals surface area contributed by atoms with Gasteiger partial charge in [0.1, 0.15) is 0 Å². The van der Waals surface area contributed by atoms with E-state index in [1.54, 1.807) is 0 Å². The highest BCUT2D eigenvalue weighted by Gasteiger charge is 2.18. The smallest absolute Gasteiger partial charge is 0.164 e. The van der Waals surface area contributed by atoms with Crippen LogP contribution in [0.1, 0.15) is 0 Å². The van der Waals surface area contributed by atoms with Crippen LogP contribution in [-0.4, -0.2) is 19.5 Å². The molecule has 0 atom stereocenters. The number of nitrogens with zero attached hydrogens (tertiary/aromatic N) is 4. The maximum absolute atomic E-state index is 5.06. The summed E-state index contributed by atoms with van der Waals surface area (Å²) < 4.78 is 2.38. The first-order valence-electron chi connectivity index (χ1n) is 20.7. The molecule has 12 aromatic rings. The van der Waals surface area contributed by atoms with E-state index in [0.717, 1.165) is 39.0 Å². The number of aromatic nitrogens is 4. The number of fused-ring (bicyclic) bond motifs is 9. The first-order valence-corrected chi connectivity index (χ1v) is 20.7. The summed E-state index contributed by atoms with van der Waals surface area (Å²) in [5.74, 6) is 1.91. The van der Waals surface area contributed by atoms with Crippen LogP contribution in [0.15, 0.2) is 218 Å². The molecular weight excluding hydrogens is 741 g/mol. The van der Waals surface area contributed by atoms with Gasteiger partial charge in [-0.3, -0.25) is 0 Å². The minimum absolute atomic E-state index is 0.626. The van der Waals surface area contributed by atoms with Gasteiger partial charge < -0.3 is 4.57 Å². The first kappa shape index (κ1) is 34.8. The van der Waals surface area contributed by atoms with Crippen LogP contribution in [0.3, 0.4) is 0 Å². The molecule has 4 heteroatoms. The largest absolute Gasteiger partial charge is 0.309 e. The zero-order chi connectivity index (χ0) is 40.3. The van der Waals surface area contributed by atoms with Crippen molar-refractivity contribution in [2.45, 2.75) is 0 Å². The summed E-state index contributed by atoms with van der Waals surface area (Å²) in [6, 6.07) is 77.8. The van der Waals surface area contributed by atoms with Crippen LogP contribution in [0.25, 0.3) is 116 Å². The molecule has 0 amide bonds. The van der Waals surface area contributed by atoms with E-state index in [4.69, 9.17) is 15.0 Å². The molecule has 12 rings (SSSR count). The van der Waals surface area contributed by atoms with Gasteiger partial charge in [-0.15, -0.1) is 0 Å². The van der Waals surface area contributed by atoms with Crippen LogP contribution in [0.5, 0.6) is 0 Å². The molecule has 10 aromatic carbocycles. The third-order valence-corrected chi connectivity index (χ3v) is 12.0. The standard InChI is InChI=1S/C57H36N4/c1-3-16-37(17-4-1)55-58-56(38-18-5-2-6-19-38)60-57(59-55)41-20-15-21-42(34-41)61-53-29-14-13-28-50(53)51-33-31-40(36-54(51)61)44-23-8-7-22-43(44)39-30-32-49-47-26-10-9-24-45(47)46-25-11-12-27-48(46)52(49)35-39/h1-36H. The minimum atomic E-state index is 0.626. The van der Waals surface area contributed by atoms with Gasteiger partial charge in [-0.05, 0) is 84.9 Å². The van der Waals surface area contributed by atoms with Gasteiger partial charge in [-0.25, -0.2) is 15.0 Å². The molecule has 2 aromatic heterocycles. The molecule has 2 heterocycles. The first-order chi connectivity index (χ1) is 30.2. The van der Waals surface area contributed by atoms with Gasteiger partial charge in [0.05, 0.1) is 11.0 Å². The molecule has 0 aliphatic carbocycles. The van der Waals surface area contributed by atoms with Crippen LogP contribution in [0, 0.1) is 0 Å². The predicted octanol–water partition coefficient (Wildman–Crippen LogP) is 14.8. The Morgan fingerprint density at radius 1 is 0.246 bits per heavy atom. The van der Waals surface area contributed by atoms with Crippen molar-refractivity contribution in [3.63, 3.8) is 0 Å². The monoisotopic (exact) mass is 776 g/mol. The van der Waals surface area contributed by atoms with E-state index >= 15 is 0 Å². The normalized spacial score (nSPS) is 11.6. The maximum atomic E-state index is 5.06. The summed E-state index contributed by atoms with van der Waals surface area (Å²) >= 11 is 0. The molecule has 0 N–H and O–H groups in total. The fourth-order valence-corrected chi connectivity index (χ4v) is 9.20. The van der Waals surface area contributed by atoms with Crippen molar-refractivity contribution >= 4 is 54.1 Å². The van der Waals surface area contributed by atoms with Crippen LogP contribution in [0.4, 0.5) is 0 Å². The van der Waals surface area contributed by atoms with Gasteiger partial charge in [-0.1, -0.05) is 188 Å². The maximum Gasteiger partial charge on any atom is 0.164 e. The average Bonchev–Trinajstić information content (AvgIpc) is 3.68. The van der Waals surface area contributed by atoms with Crippen molar-refractivity contribution in [3.8, 4) is 62.1 Å². The Kier molecular flexibility index (Phi) is 8.13. The molecule has 4 nitrogen and oxygen atoms in total. The highest BCUT2D eigenvalue weighted by Crippen LogP contribution is 2.41.